The van der Waals surface area contributed by atoms with E-state index in [1.54, 1.807) is 0 Å². The summed E-state index contributed by atoms with van der Waals surface area (Å²) in [6.45, 7) is 0. The second kappa shape index (κ2) is 4.86. The van der Waals surface area contributed by atoms with Crippen molar-refractivity contribution in [1.82, 2.24) is 4.98 Å². The average molecular weight is 267 g/mol. The molecular formula is C16H13NO3. The Bertz CT molecular complexity index is 774. The minimum Gasteiger partial charge on any atom is -0.459 e. The number of benzene rings is 1. The lowest BCUT2D eigenvalue weighted by Crippen LogP contribution is -2.09. The molecule has 1 aromatic carbocycles. The molecule has 3 rings (SSSR count). The fourth-order valence-corrected chi connectivity index (χ4v) is 2.55. The van der Waals surface area contributed by atoms with E-state index in [1.165, 1.54) is 7.11 Å². The van der Waals surface area contributed by atoms with Gasteiger partial charge in [0, 0.05) is 28.8 Å². The molecule has 0 radical (unpaired) electrons. The number of methoxy groups -OCH3 is 1. The summed E-state index contributed by atoms with van der Waals surface area (Å²) in [5.74, 6) is 4.79. The standard InChI is InChI=1S/C16H13NO3/c1-20-15(19)8-6-10-5-7-13-12(9-10)11-3-2-4-14(18)16(11)17-13/h5,7,9,17H,2-4H2,1H3. The van der Waals surface area contributed by atoms with E-state index in [0.29, 0.717) is 6.42 Å². The third-order valence-corrected chi connectivity index (χ3v) is 3.51. The highest BCUT2D eigenvalue weighted by Gasteiger charge is 2.21. The number of ether oxygens (including phenoxy) is 1. The lowest BCUT2D eigenvalue weighted by molar-refractivity contribution is -0.133. The molecule has 0 unspecified atom stereocenters. The van der Waals surface area contributed by atoms with Crippen LogP contribution in [0.4, 0.5) is 0 Å². The molecule has 1 N–H and O–H groups in total. The first kappa shape index (κ1) is 12.5. The van der Waals surface area contributed by atoms with Gasteiger partial charge in [-0.3, -0.25) is 4.79 Å². The van der Waals surface area contributed by atoms with Gasteiger partial charge in [0.2, 0.25) is 0 Å². The Morgan fingerprint density at radius 3 is 3.00 bits per heavy atom. The molecule has 0 amide bonds. The number of Topliss-reactive ketones (excluding diaryl/α,β-unsaturated/α-hetero) is 1. The van der Waals surface area contributed by atoms with Crippen LogP contribution in [0.1, 0.15) is 34.5 Å². The second-order valence-electron chi connectivity index (χ2n) is 4.76. The Balaban J connectivity index is 2.08. The van der Waals surface area contributed by atoms with Crippen molar-refractivity contribution in [2.75, 3.05) is 7.11 Å². The maximum absolute atomic E-state index is 11.9. The number of esters is 1. The fourth-order valence-electron chi connectivity index (χ4n) is 2.55. The van der Waals surface area contributed by atoms with Crippen molar-refractivity contribution in [1.29, 1.82) is 0 Å². The van der Waals surface area contributed by atoms with Gasteiger partial charge in [-0.2, -0.15) is 0 Å². The predicted molar refractivity (Wildman–Crippen MR) is 74.5 cm³/mol. The van der Waals surface area contributed by atoms with E-state index in [2.05, 4.69) is 21.6 Å². The quantitative estimate of drug-likeness (QED) is 0.588. The number of ketones is 1. The number of fused-ring (bicyclic) bond motifs is 3. The van der Waals surface area contributed by atoms with Crippen LogP contribution in [0.2, 0.25) is 0 Å². The fraction of sp³-hybridized carbons (Fsp3) is 0.250. The molecule has 0 aliphatic heterocycles. The number of carbonyl (C=O) groups is 2. The largest absolute Gasteiger partial charge is 0.459 e. The molecule has 0 saturated heterocycles. The van der Waals surface area contributed by atoms with E-state index in [4.69, 9.17) is 0 Å². The van der Waals surface area contributed by atoms with Gasteiger partial charge in [-0.05, 0) is 36.6 Å². The van der Waals surface area contributed by atoms with Gasteiger partial charge in [-0.1, -0.05) is 5.92 Å². The maximum atomic E-state index is 11.9. The smallest absolute Gasteiger partial charge is 0.384 e. The molecule has 2 aromatic rings. The highest BCUT2D eigenvalue weighted by atomic mass is 16.5. The SMILES string of the molecule is COC(=O)C#Cc1ccc2[nH]c3c(c2c1)CCCC3=O. The molecule has 100 valence electrons. The summed E-state index contributed by atoms with van der Waals surface area (Å²) >= 11 is 0. The average Bonchev–Trinajstić information content (AvgIpc) is 2.84. The van der Waals surface area contributed by atoms with E-state index >= 15 is 0 Å². The molecule has 4 nitrogen and oxygen atoms in total. The minimum atomic E-state index is -0.559. The van der Waals surface area contributed by atoms with Crippen molar-refractivity contribution in [2.24, 2.45) is 0 Å². The van der Waals surface area contributed by atoms with Crippen molar-refractivity contribution in [3.8, 4) is 11.8 Å². The first-order valence-corrected chi connectivity index (χ1v) is 6.47. The monoisotopic (exact) mass is 267 g/mol. The Morgan fingerprint density at radius 2 is 2.20 bits per heavy atom. The highest BCUT2D eigenvalue weighted by molar-refractivity contribution is 6.03. The van der Waals surface area contributed by atoms with E-state index in [1.807, 2.05) is 18.2 Å². The molecule has 1 aromatic heterocycles. The summed E-state index contributed by atoms with van der Waals surface area (Å²) in [6, 6.07) is 5.63. The van der Waals surface area contributed by atoms with Gasteiger partial charge < -0.3 is 9.72 Å². The van der Waals surface area contributed by atoms with Gasteiger partial charge in [0.1, 0.15) is 0 Å². The van der Waals surface area contributed by atoms with Crippen LogP contribution in [-0.4, -0.2) is 23.8 Å². The Labute approximate surface area is 116 Å². The summed E-state index contributed by atoms with van der Waals surface area (Å²) in [6.07, 6.45) is 2.39. The summed E-state index contributed by atoms with van der Waals surface area (Å²) < 4.78 is 4.49. The first-order valence-electron chi connectivity index (χ1n) is 6.47. The van der Waals surface area contributed by atoms with Gasteiger partial charge >= 0.3 is 5.97 Å². The van der Waals surface area contributed by atoms with Crippen LogP contribution in [0.25, 0.3) is 10.9 Å². The van der Waals surface area contributed by atoms with Crippen LogP contribution in [0.3, 0.4) is 0 Å². The van der Waals surface area contributed by atoms with Gasteiger partial charge in [0.25, 0.3) is 0 Å². The van der Waals surface area contributed by atoms with Crippen molar-refractivity contribution < 1.29 is 14.3 Å². The molecule has 0 saturated carbocycles. The number of aromatic amines is 1. The zero-order valence-electron chi connectivity index (χ0n) is 11.1. The zero-order chi connectivity index (χ0) is 14.1. The van der Waals surface area contributed by atoms with Crippen LogP contribution in [0.15, 0.2) is 18.2 Å². The lowest BCUT2D eigenvalue weighted by atomic mass is 9.94. The van der Waals surface area contributed by atoms with Crippen LogP contribution in [0, 0.1) is 11.8 Å². The summed E-state index contributed by atoms with van der Waals surface area (Å²) in [5.41, 5.74) is 3.47. The number of aromatic nitrogens is 1. The molecule has 20 heavy (non-hydrogen) atoms. The molecular weight excluding hydrogens is 254 g/mol. The first-order chi connectivity index (χ1) is 9.69. The maximum Gasteiger partial charge on any atom is 0.384 e. The van der Waals surface area contributed by atoms with E-state index in [9.17, 15) is 9.59 Å². The van der Waals surface area contributed by atoms with Crippen LogP contribution in [0.5, 0.6) is 0 Å². The number of hydrogen-bond acceptors (Lipinski definition) is 3. The number of carbonyl (C=O) groups excluding carboxylic acids is 2. The van der Waals surface area contributed by atoms with Gasteiger partial charge in [0.15, 0.2) is 5.78 Å². The molecule has 0 spiro atoms. The number of H-pyrrole nitrogens is 1. The Kier molecular flexibility index (Phi) is 3.03. The van der Waals surface area contributed by atoms with Crippen molar-refractivity contribution in [3.63, 3.8) is 0 Å². The minimum absolute atomic E-state index is 0.171. The van der Waals surface area contributed by atoms with Crippen LogP contribution in [-0.2, 0) is 16.0 Å². The van der Waals surface area contributed by atoms with Crippen molar-refractivity contribution in [3.05, 3.63) is 35.0 Å². The van der Waals surface area contributed by atoms with Gasteiger partial charge in [-0.15, -0.1) is 0 Å². The molecule has 1 aliphatic rings. The third-order valence-electron chi connectivity index (χ3n) is 3.51. The van der Waals surface area contributed by atoms with Crippen LogP contribution < -0.4 is 0 Å². The number of hydrogen-bond donors (Lipinski definition) is 1. The van der Waals surface area contributed by atoms with E-state index < -0.39 is 5.97 Å². The van der Waals surface area contributed by atoms with Crippen molar-refractivity contribution >= 4 is 22.7 Å². The second-order valence-corrected chi connectivity index (χ2v) is 4.76. The normalized spacial score (nSPS) is 13.6. The van der Waals surface area contributed by atoms with Crippen molar-refractivity contribution in [2.45, 2.75) is 19.3 Å². The zero-order valence-corrected chi connectivity index (χ0v) is 11.1. The van der Waals surface area contributed by atoms with Gasteiger partial charge in [0.05, 0.1) is 12.8 Å². The molecule has 0 bridgehead atoms. The Morgan fingerprint density at radius 1 is 1.35 bits per heavy atom. The molecule has 1 heterocycles. The van der Waals surface area contributed by atoms with Gasteiger partial charge in [-0.25, -0.2) is 4.79 Å². The molecule has 4 heteroatoms. The lowest BCUT2D eigenvalue weighted by Gasteiger charge is -2.09. The number of rotatable bonds is 0. The van der Waals surface area contributed by atoms with Crippen LogP contribution >= 0.6 is 0 Å². The summed E-state index contributed by atoms with van der Waals surface area (Å²) in [5, 5.41) is 1.02. The summed E-state index contributed by atoms with van der Waals surface area (Å²) in [7, 11) is 1.30. The third kappa shape index (κ3) is 2.08. The summed E-state index contributed by atoms with van der Waals surface area (Å²) in [4.78, 5) is 26.1. The Hall–Kier alpha value is -2.54. The highest BCUT2D eigenvalue weighted by Crippen LogP contribution is 2.29. The molecule has 0 fully saturated rings. The number of nitrogens with one attached hydrogen (secondary N) is 1. The van der Waals surface area contributed by atoms with E-state index in [-0.39, 0.29) is 5.78 Å². The predicted octanol–water partition coefficient (Wildman–Crippen LogP) is 2.21. The molecule has 0 atom stereocenters. The number of aryl methyl sites for hydroxylation is 1. The van der Waals surface area contributed by atoms with E-state index in [0.717, 1.165) is 40.6 Å². The molecule has 1 aliphatic carbocycles. The topological polar surface area (TPSA) is 59.2 Å².